The highest BCUT2D eigenvalue weighted by Crippen LogP contribution is 2.22. The first kappa shape index (κ1) is 10.4. The van der Waals surface area contributed by atoms with Crippen molar-refractivity contribution in [3.05, 3.63) is 53.2 Å². The van der Waals surface area contributed by atoms with E-state index in [1.165, 1.54) is 11.1 Å². The Morgan fingerprint density at radius 2 is 1.81 bits per heavy atom. The Morgan fingerprint density at radius 1 is 1.12 bits per heavy atom. The predicted molar refractivity (Wildman–Crippen MR) is 67.1 cm³/mol. The molecule has 0 saturated carbocycles. The number of aromatic nitrogens is 1. The molecule has 0 saturated heterocycles. The number of terminal acetylenes is 1. The zero-order valence-electron chi connectivity index (χ0n) is 9.49. The second-order valence-corrected chi connectivity index (χ2v) is 3.92. The molecule has 0 fully saturated rings. The zero-order valence-corrected chi connectivity index (χ0v) is 9.49. The van der Waals surface area contributed by atoms with Gasteiger partial charge in [-0.25, -0.2) is 0 Å². The van der Waals surface area contributed by atoms with Crippen LogP contribution in [-0.4, -0.2) is 4.98 Å². The van der Waals surface area contributed by atoms with E-state index in [1.54, 1.807) is 6.20 Å². The van der Waals surface area contributed by atoms with E-state index < -0.39 is 0 Å². The second kappa shape index (κ2) is 4.20. The van der Waals surface area contributed by atoms with Crippen LogP contribution >= 0.6 is 0 Å². The van der Waals surface area contributed by atoms with E-state index in [4.69, 9.17) is 6.42 Å². The normalized spacial score (nSPS) is 9.81. The van der Waals surface area contributed by atoms with Gasteiger partial charge in [-0.3, -0.25) is 4.98 Å². The van der Waals surface area contributed by atoms with Crippen LogP contribution in [0.4, 0.5) is 0 Å². The molecule has 0 aliphatic heterocycles. The number of hydrogen-bond donors (Lipinski definition) is 0. The maximum Gasteiger partial charge on any atom is 0.0858 e. The summed E-state index contributed by atoms with van der Waals surface area (Å²) in [7, 11) is 0. The quantitative estimate of drug-likeness (QED) is 0.653. The van der Waals surface area contributed by atoms with E-state index in [2.05, 4.69) is 43.0 Å². The van der Waals surface area contributed by atoms with Crippen molar-refractivity contribution in [1.82, 2.24) is 4.98 Å². The molecule has 16 heavy (non-hydrogen) atoms. The van der Waals surface area contributed by atoms with Gasteiger partial charge in [-0.1, -0.05) is 23.1 Å². The molecule has 2 aromatic rings. The molecule has 1 heterocycles. The summed E-state index contributed by atoms with van der Waals surface area (Å²) in [6, 6.07) is 10.1. The van der Waals surface area contributed by atoms with Crippen LogP contribution in [0.15, 0.2) is 36.5 Å². The maximum atomic E-state index is 5.47. The van der Waals surface area contributed by atoms with Gasteiger partial charge in [0.15, 0.2) is 0 Å². The summed E-state index contributed by atoms with van der Waals surface area (Å²) in [5.41, 5.74) is 5.27. The topological polar surface area (TPSA) is 12.9 Å². The summed E-state index contributed by atoms with van der Waals surface area (Å²) < 4.78 is 0. The first-order chi connectivity index (χ1) is 7.70. The molecular formula is C15H13N. The van der Waals surface area contributed by atoms with E-state index >= 15 is 0 Å². The molecule has 1 aromatic carbocycles. The van der Waals surface area contributed by atoms with Crippen molar-refractivity contribution >= 4 is 0 Å². The average molecular weight is 207 g/mol. The van der Waals surface area contributed by atoms with Crippen LogP contribution in [0.3, 0.4) is 0 Å². The van der Waals surface area contributed by atoms with Crippen LogP contribution < -0.4 is 0 Å². The van der Waals surface area contributed by atoms with E-state index in [0.717, 1.165) is 16.8 Å². The summed E-state index contributed by atoms with van der Waals surface area (Å²) in [6.45, 7) is 4.16. The third-order valence-electron chi connectivity index (χ3n) is 2.46. The molecule has 0 radical (unpaired) electrons. The molecule has 0 unspecified atom stereocenters. The summed E-state index contributed by atoms with van der Waals surface area (Å²) in [5.74, 6) is 2.67. The highest BCUT2D eigenvalue weighted by atomic mass is 14.7. The van der Waals surface area contributed by atoms with Gasteiger partial charge in [-0.15, -0.1) is 6.42 Å². The Morgan fingerprint density at radius 3 is 2.44 bits per heavy atom. The van der Waals surface area contributed by atoms with Crippen molar-refractivity contribution in [3.8, 4) is 23.6 Å². The molecule has 1 aromatic heterocycles. The molecule has 0 N–H and O–H groups in total. The van der Waals surface area contributed by atoms with Gasteiger partial charge in [-0.2, -0.15) is 0 Å². The molecule has 78 valence electrons. The number of hydrogen-bond acceptors (Lipinski definition) is 1. The molecule has 0 bridgehead atoms. The lowest BCUT2D eigenvalue weighted by molar-refractivity contribution is 1.29. The monoisotopic (exact) mass is 207 g/mol. The highest BCUT2D eigenvalue weighted by molar-refractivity contribution is 5.68. The van der Waals surface area contributed by atoms with Gasteiger partial charge < -0.3 is 0 Å². The molecule has 1 heteroatoms. The Bertz CT molecular complexity index is 542. The van der Waals surface area contributed by atoms with Crippen molar-refractivity contribution in [1.29, 1.82) is 0 Å². The fourth-order valence-corrected chi connectivity index (χ4v) is 1.86. The van der Waals surface area contributed by atoms with Crippen molar-refractivity contribution < 1.29 is 0 Å². The lowest BCUT2D eigenvalue weighted by Crippen LogP contribution is -1.89. The summed E-state index contributed by atoms with van der Waals surface area (Å²) in [4.78, 5) is 4.36. The fraction of sp³-hybridized carbons (Fsp3) is 0.133. The van der Waals surface area contributed by atoms with Crippen LogP contribution in [0.25, 0.3) is 11.3 Å². The van der Waals surface area contributed by atoms with E-state index in [0.29, 0.717) is 0 Å². The second-order valence-electron chi connectivity index (χ2n) is 3.92. The standard InChI is InChI=1S/C15H13N/c1-4-13-6-5-7-16-15(13)14-9-11(2)8-12(3)10-14/h1,5-10H,2-3H3. The third-order valence-corrected chi connectivity index (χ3v) is 2.46. The molecule has 2 rings (SSSR count). The van der Waals surface area contributed by atoms with Gasteiger partial charge in [0.2, 0.25) is 0 Å². The highest BCUT2D eigenvalue weighted by Gasteiger charge is 2.05. The summed E-state index contributed by atoms with van der Waals surface area (Å²) in [6.07, 6.45) is 7.25. The molecule has 0 aliphatic carbocycles. The van der Waals surface area contributed by atoms with Crippen molar-refractivity contribution in [2.45, 2.75) is 13.8 Å². The molecule has 0 amide bonds. The van der Waals surface area contributed by atoms with Crippen molar-refractivity contribution in [2.24, 2.45) is 0 Å². The Hall–Kier alpha value is -2.07. The minimum absolute atomic E-state index is 0.840. The first-order valence-electron chi connectivity index (χ1n) is 5.21. The molecular weight excluding hydrogens is 194 g/mol. The minimum atomic E-state index is 0.840. The molecule has 0 spiro atoms. The number of nitrogens with zero attached hydrogens (tertiary/aromatic N) is 1. The Labute approximate surface area is 96.2 Å². The van der Waals surface area contributed by atoms with Crippen LogP contribution in [0, 0.1) is 26.2 Å². The van der Waals surface area contributed by atoms with Crippen molar-refractivity contribution in [3.63, 3.8) is 0 Å². The van der Waals surface area contributed by atoms with Crippen LogP contribution in [0.2, 0.25) is 0 Å². The van der Waals surface area contributed by atoms with Gasteiger partial charge in [0.25, 0.3) is 0 Å². The molecule has 0 aliphatic rings. The zero-order chi connectivity index (χ0) is 11.5. The Balaban J connectivity index is 2.63. The van der Waals surface area contributed by atoms with Crippen LogP contribution in [-0.2, 0) is 0 Å². The van der Waals surface area contributed by atoms with Gasteiger partial charge in [0.05, 0.1) is 11.3 Å². The smallest absolute Gasteiger partial charge is 0.0858 e. The van der Waals surface area contributed by atoms with Gasteiger partial charge in [0.1, 0.15) is 0 Å². The fourth-order valence-electron chi connectivity index (χ4n) is 1.86. The summed E-state index contributed by atoms with van der Waals surface area (Å²) >= 11 is 0. The van der Waals surface area contributed by atoms with Crippen molar-refractivity contribution in [2.75, 3.05) is 0 Å². The van der Waals surface area contributed by atoms with Gasteiger partial charge in [-0.05, 0) is 38.1 Å². The number of benzene rings is 1. The van der Waals surface area contributed by atoms with E-state index in [9.17, 15) is 0 Å². The van der Waals surface area contributed by atoms with Crippen LogP contribution in [0.1, 0.15) is 16.7 Å². The number of pyridine rings is 1. The van der Waals surface area contributed by atoms with E-state index in [-0.39, 0.29) is 0 Å². The number of aryl methyl sites for hydroxylation is 2. The molecule has 0 atom stereocenters. The minimum Gasteiger partial charge on any atom is -0.255 e. The summed E-state index contributed by atoms with van der Waals surface area (Å²) in [5, 5.41) is 0. The lowest BCUT2D eigenvalue weighted by Gasteiger charge is -2.06. The Kier molecular flexibility index (Phi) is 2.74. The lowest BCUT2D eigenvalue weighted by atomic mass is 10.0. The largest absolute Gasteiger partial charge is 0.255 e. The SMILES string of the molecule is C#Cc1cccnc1-c1cc(C)cc(C)c1. The maximum absolute atomic E-state index is 5.47. The van der Waals surface area contributed by atoms with E-state index in [1.807, 2.05) is 12.1 Å². The van der Waals surface area contributed by atoms with Gasteiger partial charge >= 0.3 is 0 Å². The average Bonchev–Trinajstić information content (AvgIpc) is 2.27. The first-order valence-corrected chi connectivity index (χ1v) is 5.21. The third kappa shape index (κ3) is 1.97. The van der Waals surface area contributed by atoms with Gasteiger partial charge in [0, 0.05) is 11.8 Å². The number of rotatable bonds is 1. The molecule has 1 nitrogen and oxygen atoms in total. The predicted octanol–water partition coefficient (Wildman–Crippen LogP) is 3.35. The van der Waals surface area contributed by atoms with Crippen LogP contribution in [0.5, 0.6) is 0 Å².